The number of halogens is 1. The third kappa shape index (κ3) is 7.79. The van der Waals surface area contributed by atoms with E-state index in [0.717, 1.165) is 50.8 Å². The van der Waals surface area contributed by atoms with Gasteiger partial charge in [-0.05, 0) is 93.3 Å². The van der Waals surface area contributed by atoms with Crippen LogP contribution in [-0.2, 0) is 14.4 Å². The van der Waals surface area contributed by atoms with E-state index in [4.69, 9.17) is 0 Å². The number of nitrogens with zero attached hydrogens (tertiary/aromatic N) is 3. The zero-order valence-corrected chi connectivity index (χ0v) is 22.6. The van der Waals surface area contributed by atoms with Gasteiger partial charge >= 0.3 is 0 Å². The Morgan fingerprint density at radius 3 is 2.67 bits per heavy atom. The fraction of sp³-hybridized carbons (Fsp3) is 0.516. The summed E-state index contributed by atoms with van der Waals surface area (Å²) < 4.78 is 13.8. The first-order valence-electron chi connectivity index (χ1n) is 14.0. The fourth-order valence-corrected chi connectivity index (χ4v) is 5.82. The summed E-state index contributed by atoms with van der Waals surface area (Å²) >= 11 is 0. The van der Waals surface area contributed by atoms with Gasteiger partial charge in [-0.3, -0.25) is 14.6 Å². The second-order valence-electron chi connectivity index (χ2n) is 11.0. The van der Waals surface area contributed by atoms with Crippen LogP contribution in [0.15, 0.2) is 36.7 Å². The van der Waals surface area contributed by atoms with E-state index >= 15 is 0 Å². The summed E-state index contributed by atoms with van der Waals surface area (Å²) in [7, 11) is 0. The Kier molecular flexibility index (Phi) is 9.94. The summed E-state index contributed by atoms with van der Waals surface area (Å²) in [6.45, 7) is 4.69. The molecule has 2 atom stereocenters. The molecule has 0 spiro atoms. The molecule has 1 N–H and O–H groups in total. The van der Waals surface area contributed by atoms with Crippen LogP contribution < -0.4 is 5.32 Å². The molecule has 1 aromatic carbocycles. The first-order chi connectivity index (χ1) is 18.8. The molecule has 2 aromatic rings. The van der Waals surface area contributed by atoms with Crippen LogP contribution in [0.4, 0.5) is 4.39 Å². The molecule has 2 aliphatic heterocycles. The minimum Gasteiger partial charge on any atom is -0.342 e. The van der Waals surface area contributed by atoms with Crippen LogP contribution in [0.2, 0.25) is 0 Å². The Morgan fingerprint density at radius 2 is 1.92 bits per heavy atom. The number of benzene rings is 1. The monoisotopic (exact) mass is 532 g/mol. The highest BCUT2D eigenvalue weighted by molar-refractivity contribution is 5.85. The van der Waals surface area contributed by atoms with Crippen molar-refractivity contribution in [3.05, 3.63) is 53.6 Å². The summed E-state index contributed by atoms with van der Waals surface area (Å²) in [5, 5.41) is 12.5. The van der Waals surface area contributed by atoms with Crippen LogP contribution in [0.1, 0.15) is 75.3 Å². The highest BCUT2D eigenvalue weighted by Gasteiger charge is 2.30. The Bertz CT molecular complexity index is 1230. The van der Waals surface area contributed by atoms with Crippen LogP contribution in [0, 0.1) is 29.0 Å². The van der Waals surface area contributed by atoms with E-state index in [0.29, 0.717) is 36.6 Å². The molecule has 0 unspecified atom stereocenters. The van der Waals surface area contributed by atoms with Crippen LogP contribution in [0.25, 0.3) is 11.1 Å². The number of carbonyl (C=O) groups is 3. The van der Waals surface area contributed by atoms with E-state index in [1.54, 1.807) is 18.5 Å². The van der Waals surface area contributed by atoms with Crippen molar-refractivity contribution >= 4 is 17.5 Å². The van der Waals surface area contributed by atoms with E-state index < -0.39 is 5.82 Å². The number of likely N-dealkylation sites (tertiary alicyclic amines) is 1. The molecule has 2 fully saturated rings. The molecule has 4 rings (SSSR count). The molecule has 2 saturated heterocycles. The van der Waals surface area contributed by atoms with E-state index in [9.17, 15) is 24.0 Å². The van der Waals surface area contributed by atoms with Crippen molar-refractivity contribution in [2.24, 2.45) is 11.8 Å². The van der Waals surface area contributed by atoms with Gasteiger partial charge in [-0.2, -0.15) is 5.26 Å². The van der Waals surface area contributed by atoms with Crippen molar-refractivity contribution in [1.29, 1.82) is 5.26 Å². The number of Topliss-reactive ketones (excluding diaryl/α,β-unsaturated/α-hetero) is 2. The quantitative estimate of drug-likeness (QED) is 0.472. The van der Waals surface area contributed by atoms with Crippen molar-refractivity contribution < 1.29 is 18.8 Å². The molecule has 39 heavy (non-hydrogen) atoms. The lowest BCUT2D eigenvalue weighted by atomic mass is 9.83. The number of nitriles is 1. The molecule has 7 nitrogen and oxygen atoms in total. The van der Waals surface area contributed by atoms with E-state index in [1.807, 2.05) is 17.0 Å². The van der Waals surface area contributed by atoms with Crippen molar-refractivity contribution in [2.75, 3.05) is 26.2 Å². The predicted molar refractivity (Wildman–Crippen MR) is 146 cm³/mol. The SMILES string of the molecule is CC(=O)C[C@H](CC(=O)[C@@H]1CCCN(C(=O)CCC2CCNCC2)C1)c1cncc(-c2ccc(F)c(C#N)c2)c1. The van der Waals surface area contributed by atoms with Crippen molar-refractivity contribution in [3.8, 4) is 17.2 Å². The van der Waals surface area contributed by atoms with Crippen molar-refractivity contribution in [2.45, 2.75) is 64.2 Å². The molecule has 2 aliphatic rings. The molecule has 206 valence electrons. The number of piperidine rings is 2. The third-order valence-electron chi connectivity index (χ3n) is 8.09. The van der Waals surface area contributed by atoms with Gasteiger partial charge in [0.25, 0.3) is 0 Å². The molecular weight excluding hydrogens is 495 g/mol. The Labute approximate surface area is 229 Å². The molecule has 1 amide bonds. The summed E-state index contributed by atoms with van der Waals surface area (Å²) in [4.78, 5) is 44.7. The van der Waals surface area contributed by atoms with Gasteiger partial charge in [0.05, 0.1) is 5.56 Å². The highest BCUT2D eigenvalue weighted by Crippen LogP contribution is 2.31. The first kappa shape index (κ1) is 28.6. The summed E-state index contributed by atoms with van der Waals surface area (Å²) in [5.74, 6) is -0.389. The minimum atomic E-state index is -0.586. The van der Waals surface area contributed by atoms with Gasteiger partial charge in [-0.1, -0.05) is 6.07 Å². The lowest BCUT2D eigenvalue weighted by Crippen LogP contribution is -2.42. The topological polar surface area (TPSA) is 103 Å². The zero-order valence-electron chi connectivity index (χ0n) is 22.6. The Hall–Kier alpha value is -3.44. The third-order valence-corrected chi connectivity index (χ3v) is 8.09. The zero-order chi connectivity index (χ0) is 27.8. The Balaban J connectivity index is 1.42. The number of carbonyl (C=O) groups excluding carboxylic acids is 3. The number of hydrogen-bond donors (Lipinski definition) is 1. The number of ketones is 2. The molecule has 0 radical (unpaired) electrons. The van der Waals surface area contributed by atoms with Crippen LogP contribution >= 0.6 is 0 Å². The average molecular weight is 533 g/mol. The van der Waals surface area contributed by atoms with Crippen molar-refractivity contribution in [1.82, 2.24) is 15.2 Å². The average Bonchev–Trinajstić information content (AvgIpc) is 2.96. The predicted octanol–water partition coefficient (Wildman–Crippen LogP) is 4.80. The standard InChI is InChI=1S/C31H37FN4O3/c1-21(37)13-25(28-15-27(18-35-19-28)23-5-6-29(32)26(14-23)17-33)16-30(38)24-3-2-12-36(20-24)31(39)7-4-22-8-10-34-11-9-22/h5-6,14-15,18-19,22,24-25,34H,2-4,7-13,16,20H2,1H3/t24-,25-/m1/s1. The smallest absolute Gasteiger partial charge is 0.222 e. The minimum absolute atomic E-state index is 0.0230. The largest absolute Gasteiger partial charge is 0.342 e. The molecule has 3 heterocycles. The maximum atomic E-state index is 13.8. The molecule has 0 bridgehead atoms. The normalized spacial score (nSPS) is 18.8. The second-order valence-corrected chi connectivity index (χ2v) is 11.0. The van der Waals surface area contributed by atoms with Gasteiger partial charge in [0, 0.05) is 56.2 Å². The van der Waals surface area contributed by atoms with Crippen molar-refractivity contribution in [3.63, 3.8) is 0 Å². The lowest BCUT2D eigenvalue weighted by Gasteiger charge is -2.33. The summed E-state index contributed by atoms with van der Waals surface area (Å²) in [6.07, 6.45) is 8.90. The van der Waals surface area contributed by atoms with E-state index in [1.165, 1.54) is 19.1 Å². The number of aromatic nitrogens is 1. The lowest BCUT2D eigenvalue weighted by molar-refractivity contribution is -0.135. The second kappa shape index (κ2) is 13.6. The van der Waals surface area contributed by atoms with Gasteiger partial charge in [-0.25, -0.2) is 4.39 Å². The Morgan fingerprint density at radius 1 is 1.13 bits per heavy atom. The number of amides is 1. The molecule has 0 aliphatic carbocycles. The number of pyridine rings is 1. The van der Waals surface area contributed by atoms with Crippen LogP contribution in [0.3, 0.4) is 0 Å². The molecular formula is C31H37FN4O3. The highest BCUT2D eigenvalue weighted by atomic mass is 19.1. The van der Waals surface area contributed by atoms with Gasteiger partial charge in [0.1, 0.15) is 23.5 Å². The number of rotatable bonds is 10. The molecule has 8 heteroatoms. The van der Waals surface area contributed by atoms with Crippen LogP contribution in [0.5, 0.6) is 0 Å². The van der Waals surface area contributed by atoms with E-state index in [2.05, 4.69) is 10.3 Å². The number of nitrogens with one attached hydrogen (secondary N) is 1. The van der Waals surface area contributed by atoms with Gasteiger partial charge in [-0.15, -0.1) is 0 Å². The van der Waals surface area contributed by atoms with Gasteiger partial charge < -0.3 is 15.0 Å². The summed E-state index contributed by atoms with van der Waals surface area (Å²) in [5.41, 5.74) is 2.03. The number of hydrogen-bond acceptors (Lipinski definition) is 6. The van der Waals surface area contributed by atoms with Gasteiger partial charge in [0.2, 0.25) is 5.91 Å². The summed E-state index contributed by atoms with van der Waals surface area (Å²) in [6, 6.07) is 8.02. The van der Waals surface area contributed by atoms with E-state index in [-0.39, 0.29) is 47.7 Å². The first-order valence-corrected chi connectivity index (χ1v) is 14.0. The maximum absolute atomic E-state index is 13.8. The molecule has 1 aromatic heterocycles. The van der Waals surface area contributed by atoms with Gasteiger partial charge in [0.15, 0.2) is 0 Å². The fourth-order valence-electron chi connectivity index (χ4n) is 5.82. The van der Waals surface area contributed by atoms with Crippen LogP contribution in [-0.4, -0.2) is 53.5 Å². The molecule has 0 saturated carbocycles. The maximum Gasteiger partial charge on any atom is 0.222 e.